The van der Waals surface area contributed by atoms with E-state index in [2.05, 4.69) is 39.8 Å². The second kappa shape index (κ2) is 10.4. The third-order valence-electron chi connectivity index (χ3n) is 5.01. The zero-order valence-corrected chi connectivity index (χ0v) is 17.2. The fourth-order valence-electron chi connectivity index (χ4n) is 3.30. The molecule has 1 fully saturated rings. The van der Waals surface area contributed by atoms with Crippen molar-refractivity contribution < 1.29 is 14.3 Å². The van der Waals surface area contributed by atoms with Crippen LogP contribution >= 0.6 is 11.6 Å². The number of rotatable bonds is 6. The molecule has 1 saturated heterocycles. The molecule has 2 aromatic carbocycles. The second-order valence-corrected chi connectivity index (χ2v) is 7.47. The first-order chi connectivity index (χ1) is 14.0. The van der Waals surface area contributed by atoms with Gasteiger partial charge < -0.3 is 15.4 Å². The van der Waals surface area contributed by atoms with Gasteiger partial charge in [-0.15, -0.1) is 0 Å². The number of hydrogen-bond acceptors (Lipinski definition) is 4. The molecule has 3 rings (SSSR count). The van der Waals surface area contributed by atoms with E-state index < -0.39 is 11.8 Å². The minimum atomic E-state index is -0.672. The maximum absolute atomic E-state index is 12.3. The Morgan fingerprint density at radius 2 is 1.69 bits per heavy atom. The van der Waals surface area contributed by atoms with Crippen molar-refractivity contribution in [1.29, 1.82) is 0 Å². The van der Waals surface area contributed by atoms with E-state index in [0.717, 1.165) is 24.2 Å². The van der Waals surface area contributed by atoms with E-state index in [1.807, 2.05) is 25.1 Å². The lowest BCUT2D eigenvalue weighted by atomic mass is 10.0. The maximum atomic E-state index is 12.3. The van der Waals surface area contributed by atoms with Gasteiger partial charge in [-0.25, -0.2) is 0 Å². The Morgan fingerprint density at radius 3 is 2.38 bits per heavy atom. The summed E-state index contributed by atoms with van der Waals surface area (Å²) in [4.78, 5) is 26.8. The van der Waals surface area contributed by atoms with Crippen molar-refractivity contribution in [3.63, 3.8) is 0 Å². The number of ether oxygens (including phenoxy) is 1. The number of nitrogens with zero attached hydrogens (tertiary/aromatic N) is 1. The lowest BCUT2D eigenvalue weighted by Crippen LogP contribution is -2.46. The summed E-state index contributed by atoms with van der Waals surface area (Å²) in [6.45, 7) is 5.49. The predicted molar refractivity (Wildman–Crippen MR) is 113 cm³/mol. The number of amides is 2. The molecular formula is C22H26ClN3O3. The average molecular weight is 416 g/mol. The van der Waals surface area contributed by atoms with Crippen LogP contribution in [0.5, 0.6) is 0 Å². The van der Waals surface area contributed by atoms with E-state index in [1.54, 1.807) is 6.07 Å². The smallest absolute Gasteiger partial charge is 0.309 e. The SMILES string of the molecule is Cc1ccc([C@@H](CNC(=O)C(=O)NCc2ccccc2Cl)N2CCOCC2)cc1. The molecule has 0 radical (unpaired) electrons. The number of morpholine rings is 1. The number of nitrogens with one attached hydrogen (secondary N) is 2. The quantitative estimate of drug-likeness (QED) is 0.711. The fourth-order valence-corrected chi connectivity index (χ4v) is 3.51. The molecule has 1 heterocycles. The van der Waals surface area contributed by atoms with Gasteiger partial charge in [0, 0.05) is 31.2 Å². The van der Waals surface area contributed by atoms with E-state index in [1.165, 1.54) is 5.56 Å². The van der Waals surface area contributed by atoms with Crippen LogP contribution in [0.2, 0.25) is 5.02 Å². The highest BCUT2D eigenvalue weighted by atomic mass is 35.5. The van der Waals surface area contributed by atoms with Gasteiger partial charge in [0.2, 0.25) is 0 Å². The Hall–Kier alpha value is -2.41. The summed E-state index contributed by atoms with van der Waals surface area (Å²) in [6.07, 6.45) is 0. The first-order valence-electron chi connectivity index (χ1n) is 9.72. The number of carbonyl (C=O) groups is 2. The standard InChI is InChI=1S/C22H26ClN3O3/c1-16-6-8-17(9-7-16)20(26-10-12-29-13-11-26)15-25-22(28)21(27)24-14-18-4-2-3-5-19(18)23/h2-9,20H,10-15H2,1H3,(H,24,27)(H,25,28)/t20-/m1/s1. The number of aryl methyl sites for hydroxylation is 1. The molecule has 29 heavy (non-hydrogen) atoms. The molecule has 7 heteroatoms. The molecule has 0 unspecified atom stereocenters. The van der Waals surface area contributed by atoms with Gasteiger partial charge in [0.25, 0.3) is 0 Å². The van der Waals surface area contributed by atoms with Crippen molar-refractivity contribution in [2.24, 2.45) is 0 Å². The van der Waals surface area contributed by atoms with E-state index in [-0.39, 0.29) is 12.6 Å². The largest absolute Gasteiger partial charge is 0.379 e. The lowest BCUT2D eigenvalue weighted by molar-refractivity contribution is -0.139. The molecule has 0 aliphatic carbocycles. The average Bonchev–Trinajstić information content (AvgIpc) is 2.75. The van der Waals surface area contributed by atoms with E-state index in [0.29, 0.717) is 24.8 Å². The van der Waals surface area contributed by atoms with Gasteiger partial charge in [0.1, 0.15) is 0 Å². The van der Waals surface area contributed by atoms with Gasteiger partial charge >= 0.3 is 11.8 Å². The highest BCUT2D eigenvalue weighted by Crippen LogP contribution is 2.22. The molecule has 2 aromatic rings. The van der Waals surface area contributed by atoms with Crippen LogP contribution in [0.4, 0.5) is 0 Å². The summed E-state index contributed by atoms with van der Waals surface area (Å²) >= 11 is 6.09. The normalized spacial score (nSPS) is 15.5. The van der Waals surface area contributed by atoms with Gasteiger partial charge in [0.05, 0.1) is 19.3 Å². The van der Waals surface area contributed by atoms with Crippen LogP contribution in [0.3, 0.4) is 0 Å². The van der Waals surface area contributed by atoms with Crippen LogP contribution < -0.4 is 10.6 Å². The Bertz CT molecular complexity index is 835. The highest BCUT2D eigenvalue weighted by molar-refractivity contribution is 6.35. The highest BCUT2D eigenvalue weighted by Gasteiger charge is 2.24. The summed E-state index contributed by atoms with van der Waals surface area (Å²) in [6, 6.07) is 15.4. The van der Waals surface area contributed by atoms with Gasteiger partial charge in [-0.05, 0) is 24.1 Å². The van der Waals surface area contributed by atoms with E-state index in [4.69, 9.17) is 16.3 Å². The van der Waals surface area contributed by atoms with Gasteiger partial charge in [0.15, 0.2) is 0 Å². The Morgan fingerprint density at radius 1 is 1.03 bits per heavy atom. The van der Waals surface area contributed by atoms with Crippen molar-refractivity contribution in [2.45, 2.75) is 19.5 Å². The van der Waals surface area contributed by atoms with Crippen LogP contribution in [0.25, 0.3) is 0 Å². The molecule has 2 N–H and O–H groups in total. The van der Waals surface area contributed by atoms with Crippen LogP contribution in [0, 0.1) is 6.92 Å². The van der Waals surface area contributed by atoms with E-state index in [9.17, 15) is 9.59 Å². The Kier molecular flexibility index (Phi) is 7.63. The molecular weight excluding hydrogens is 390 g/mol. The maximum Gasteiger partial charge on any atom is 0.309 e. The van der Waals surface area contributed by atoms with Crippen LogP contribution in [0.1, 0.15) is 22.7 Å². The monoisotopic (exact) mass is 415 g/mol. The first-order valence-corrected chi connectivity index (χ1v) is 10.1. The van der Waals surface area contributed by atoms with Crippen molar-refractivity contribution in [3.8, 4) is 0 Å². The van der Waals surface area contributed by atoms with Crippen molar-refractivity contribution in [3.05, 3.63) is 70.2 Å². The summed E-state index contributed by atoms with van der Waals surface area (Å²) in [7, 11) is 0. The molecule has 1 aliphatic rings. The molecule has 0 bridgehead atoms. The number of carbonyl (C=O) groups excluding carboxylic acids is 2. The van der Waals surface area contributed by atoms with Crippen LogP contribution in [-0.4, -0.2) is 49.6 Å². The minimum Gasteiger partial charge on any atom is -0.379 e. The minimum absolute atomic E-state index is 0.0141. The third kappa shape index (κ3) is 6.03. The van der Waals surface area contributed by atoms with Crippen LogP contribution in [-0.2, 0) is 20.9 Å². The number of halogens is 1. The fraction of sp³-hybridized carbons (Fsp3) is 0.364. The third-order valence-corrected chi connectivity index (χ3v) is 5.38. The van der Waals surface area contributed by atoms with Gasteiger partial charge in [-0.3, -0.25) is 14.5 Å². The number of benzene rings is 2. The molecule has 0 spiro atoms. The topological polar surface area (TPSA) is 70.7 Å². The van der Waals surface area contributed by atoms with Gasteiger partial charge in [-0.1, -0.05) is 59.6 Å². The second-order valence-electron chi connectivity index (χ2n) is 7.06. The molecule has 1 aliphatic heterocycles. The molecule has 2 amide bonds. The van der Waals surface area contributed by atoms with Crippen molar-refractivity contribution in [2.75, 3.05) is 32.8 Å². The molecule has 154 valence electrons. The zero-order valence-electron chi connectivity index (χ0n) is 16.5. The summed E-state index contributed by atoms with van der Waals surface area (Å²) in [5, 5.41) is 5.95. The van der Waals surface area contributed by atoms with Crippen LogP contribution in [0.15, 0.2) is 48.5 Å². The van der Waals surface area contributed by atoms with Gasteiger partial charge in [-0.2, -0.15) is 0 Å². The predicted octanol–water partition coefficient (Wildman–Crippen LogP) is 2.45. The zero-order chi connectivity index (χ0) is 20.6. The molecule has 6 nitrogen and oxygen atoms in total. The summed E-state index contributed by atoms with van der Waals surface area (Å²) in [5.41, 5.74) is 3.05. The Balaban J connectivity index is 1.59. The molecule has 1 atom stereocenters. The van der Waals surface area contributed by atoms with E-state index >= 15 is 0 Å². The lowest BCUT2D eigenvalue weighted by Gasteiger charge is -2.35. The summed E-state index contributed by atoms with van der Waals surface area (Å²) in [5.74, 6) is -1.32. The van der Waals surface area contributed by atoms with Crippen molar-refractivity contribution in [1.82, 2.24) is 15.5 Å². The molecule has 0 saturated carbocycles. The summed E-state index contributed by atoms with van der Waals surface area (Å²) < 4.78 is 5.45. The number of hydrogen-bond donors (Lipinski definition) is 2. The first kappa shape index (κ1) is 21.3. The van der Waals surface area contributed by atoms with Crippen molar-refractivity contribution >= 4 is 23.4 Å². The molecule has 0 aromatic heterocycles. The Labute approximate surface area is 176 Å².